The van der Waals surface area contributed by atoms with E-state index < -0.39 is 23.2 Å². The fourth-order valence-electron chi connectivity index (χ4n) is 1.31. The van der Waals surface area contributed by atoms with Gasteiger partial charge >= 0.3 is 11.2 Å². The first-order valence-electron chi connectivity index (χ1n) is 5.86. The highest BCUT2D eigenvalue weighted by Crippen LogP contribution is 2.29. The van der Waals surface area contributed by atoms with Crippen LogP contribution in [0.3, 0.4) is 0 Å². The van der Waals surface area contributed by atoms with E-state index in [9.17, 15) is 13.6 Å². The first-order chi connectivity index (χ1) is 8.54. The summed E-state index contributed by atoms with van der Waals surface area (Å²) in [6, 6.07) is 0. The number of hydrogen-bond acceptors (Lipinski definition) is 5. The van der Waals surface area contributed by atoms with E-state index in [0.717, 1.165) is 25.7 Å². The number of carbonyl (C=O) groups excluding carboxylic acids is 1. The molecule has 0 unspecified atom stereocenters. The molecule has 0 atom stereocenters. The van der Waals surface area contributed by atoms with Crippen LogP contribution in [0.1, 0.15) is 45.4 Å². The van der Waals surface area contributed by atoms with Gasteiger partial charge in [0.15, 0.2) is 0 Å². The Morgan fingerprint density at radius 2 is 1.89 bits per heavy atom. The zero-order valence-electron chi connectivity index (χ0n) is 10.3. The quantitative estimate of drug-likeness (QED) is 0.264. The maximum Gasteiger partial charge on any atom is 0.397 e. The van der Waals surface area contributed by atoms with Crippen LogP contribution in [0.4, 0.5) is 8.78 Å². The number of carbonyl (C=O) groups is 1. The van der Waals surface area contributed by atoms with Crippen molar-refractivity contribution in [1.29, 1.82) is 0 Å². The highest BCUT2D eigenvalue weighted by molar-refractivity contribution is 7.96. The van der Waals surface area contributed by atoms with Crippen molar-refractivity contribution < 1.29 is 28.2 Å². The van der Waals surface area contributed by atoms with Crippen LogP contribution in [0.2, 0.25) is 0 Å². The molecule has 0 saturated heterocycles. The number of unbranched alkanes of at least 4 members (excludes halogenated alkanes) is 5. The lowest BCUT2D eigenvalue weighted by Gasteiger charge is -2.12. The summed E-state index contributed by atoms with van der Waals surface area (Å²) in [6.45, 7) is 2.30. The van der Waals surface area contributed by atoms with E-state index in [1.165, 1.54) is 6.42 Å². The average Bonchev–Trinajstić information content (AvgIpc) is 2.35. The van der Waals surface area contributed by atoms with E-state index >= 15 is 0 Å². The Kier molecular flexibility index (Phi) is 10.2. The van der Waals surface area contributed by atoms with Gasteiger partial charge in [0.1, 0.15) is 12.0 Å². The minimum Gasteiger partial charge on any atom is -0.350 e. The number of halogens is 2. The lowest BCUT2D eigenvalue weighted by Crippen LogP contribution is -2.38. The van der Waals surface area contributed by atoms with Crippen LogP contribution in [0.5, 0.6) is 0 Å². The molecule has 0 fully saturated rings. The highest BCUT2D eigenvalue weighted by Gasteiger charge is 2.41. The normalized spacial score (nSPS) is 11.6. The predicted molar refractivity (Wildman–Crippen MR) is 63.7 cm³/mol. The molecule has 108 valence electrons. The first-order valence-corrected chi connectivity index (χ1v) is 6.60. The second-order valence-electron chi connectivity index (χ2n) is 3.77. The molecule has 2 N–H and O–H groups in total. The van der Waals surface area contributed by atoms with Gasteiger partial charge in [-0.3, -0.25) is 4.79 Å². The van der Waals surface area contributed by atoms with E-state index in [0.29, 0.717) is 6.42 Å². The molecule has 0 aromatic rings. The molecule has 0 saturated carbocycles. The van der Waals surface area contributed by atoms with Gasteiger partial charge in [-0.15, -0.1) is 4.33 Å². The summed E-state index contributed by atoms with van der Waals surface area (Å²) >= 11 is -0.556. The molecule has 0 bridgehead atoms. The number of alkyl halides is 2. The van der Waals surface area contributed by atoms with Crippen LogP contribution in [0.25, 0.3) is 0 Å². The first kappa shape index (κ1) is 17.6. The molecule has 0 aliphatic carbocycles. The van der Waals surface area contributed by atoms with Gasteiger partial charge in [0, 0.05) is 6.54 Å². The summed E-state index contributed by atoms with van der Waals surface area (Å²) in [6.07, 6.45) is 6.03. The highest BCUT2D eigenvalue weighted by atomic mass is 32.2. The minimum absolute atomic E-state index is 0.196. The largest absolute Gasteiger partial charge is 0.397 e. The lowest BCUT2D eigenvalue weighted by molar-refractivity contribution is -0.433. The summed E-state index contributed by atoms with van der Waals surface area (Å²) < 4.78 is 29.4. The molecule has 0 heterocycles. The molecule has 18 heavy (non-hydrogen) atoms. The van der Waals surface area contributed by atoms with Gasteiger partial charge in [0.2, 0.25) is 0 Å². The standard InChI is InChI=1S/C10H19F2NO4S/c1-2-3-4-5-6-7-8-13-9(14)10(11,12)18-17-16-15/h15H,2-8H2,1H3,(H,13,14). The molecule has 0 spiro atoms. The van der Waals surface area contributed by atoms with Crippen molar-refractivity contribution in [1.82, 2.24) is 5.32 Å². The van der Waals surface area contributed by atoms with Gasteiger partial charge < -0.3 is 5.32 Å². The van der Waals surface area contributed by atoms with Gasteiger partial charge in [0.25, 0.3) is 0 Å². The van der Waals surface area contributed by atoms with E-state index in [2.05, 4.69) is 21.6 Å². The second kappa shape index (κ2) is 10.5. The third kappa shape index (κ3) is 8.62. The number of nitrogens with one attached hydrogen (secondary N) is 1. The Balaban J connectivity index is 3.57. The summed E-state index contributed by atoms with van der Waals surface area (Å²) in [5, 5.41) is 9.04. The molecule has 0 aliphatic heterocycles. The number of amides is 1. The molecule has 0 radical (unpaired) electrons. The lowest BCUT2D eigenvalue weighted by atomic mass is 10.1. The Bertz CT molecular complexity index is 232. The van der Waals surface area contributed by atoms with E-state index in [1.807, 2.05) is 0 Å². The predicted octanol–water partition coefficient (Wildman–Crippen LogP) is 3.13. The Morgan fingerprint density at radius 1 is 1.28 bits per heavy atom. The van der Waals surface area contributed by atoms with Crippen LogP contribution in [0.15, 0.2) is 0 Å². The Labute approximate surface area is 109 Å². The molecular formula is C10H19F2NO4S. The number of rotatable bonds is 11. The summed E-state index contributed by atoms with van der Waals surface area (Å²) in [7, 11) is 0. The van der Waals surface area contributed by atoms with Crippen molar-refractivity contribution in [2.24, 2.45) is 0 Å². The third-order valence-electron chi connectivity index (χ3n) is 2.25. The fraction of sp³-hybridized carbons (Fsp3) is 0.900. The number of hydrogen-bond donors (Lipinski definition) is 2. The molecule has 1 amide bonds. The summed E-state index contributed by atoms with van der Waals surface area (Å²) in [4.78, 5) is 11.0. The minimum atomic E-state index is -3.79. The van der Waals surface area contributed by atoms with Crippen molar-refractivity contribution in [2.45, 2.75) is 50.7 Å². The van der Waals surface area contributed by atoms with Crippen LogP contribution < -0.4 is 5.32 Å². The summed E-state index contributed by atoms with van der Waals surface area (Å²) in [5.41, 5.74) is 0. The molecule has 0 aromatic heterocycles. The second-order valence-corrected chi connectivity index (χ2v) is 4.58. The van der Waals surface area contributed by atoms with Gasteiger partial charge in [-0.25, -0.2) is 5.26 Å². The maximum atomic E-state index is 12.9. The van der Waals surface area contributed by atoms with Gasteiger partial charge in [-0.1, -0.05) is 44.1 Å². The van der Waals surface area contributed by atoms with Crippen LogP contribution in [0, 0.1) is 0 Å². The molecular weight excluding hydrogens is 268 g/mol. The van der Waals surface area contributed by atoms with Crippen molar-refractivity contribution in [3.63, 3.8) is 0 Å². The Morgan fingerprint density at radius 3 is 2.50 bits per heavy atom. The van der Waals surface area contributed by atoms with Gasteiger partial charge in [0.05, 0.1) is 0 Å². The zero-order valence-corrected chi connectivity index (χ0v) is 11.1. The van der Waals surface area contributed by atoms with Crippen molar-refractivity contribution in [3.8, 4) is 0 Å². The van der Waals surface area contributed by atoms with Gasteiger partial charge in [-0.05, 0) is 6.42 Å². The molecule has 0 aliphatic rings. The van der Waals surface area contributed by atoms with E-state index in [4.69, 9.17) is 5.26 Å². The maximum absolute atomic E-state index is 12.9. The monoisotopic (exact) mass is 287 g/mol. The van der Waals surface area contributed by atoms with Crippen LogP contribution >= 0.6 is 12.0 Å². The SMILES string of the molecule is CCCCCCCCNC(=O)C(F)(F)SOOO. The van der Waals surface area contributed by atoms with E-state index in [1.54, 1.807) is 0 Å². The molecule has 5 nitrogen and oxygen atoms in total. The summed E-state index contributed by atoms with van der Waals surface area (Å²) in [5.74, 6) is -1.46. The zero-order chi connectivity index (χ0) is 13.9. The Hall–Kier alpha value is -0.440. The third-order valence-corrected chi connectivity index (χ3v) is 2.77. The van der Waals surface area contributed by atoms with E-state index in [-0.39, 0.29) is 6.54 Å². The van der Waals surface area contributed by atoms with Crippen molar-refractivity contribution >= 4 is 17.9 Å². The van der Waals surface area contributed by atoms with Crippen LogP contribution in [-0.4, -0.2) is 23.0 Å². The van der Waals surface area contributed by atoms with Crippen LogP contribution in [-0.2, 0) is 14.2 Å². The average molecular weight is 287 g/mol. The van der Waals surface area contributed by atoms with Crippen molar-refractivity contribution in [3.05, 3.63) is 0 Å². The topological polar surface area (TPSA) is 67.8 Å². The fourth-order valence-corrected chi connectivity index (χ4v) is 1.57. The van der Waals surface area contributed by atoms with Crippen molar-refractivity contribution in [2.75, 3.05) is 6.54 Å². The smallest absolute Gasteiger partial charge is 0.350 e. The molecule has 8 heteroatoms. The van der Waals surface area contributed by atoms with Gasteiger partial charge in [-0.2, -0.15) is 8.78 Å². The molecule has 0 aromatic carbocycles. The molecule has 0 rings (SSSR count).